The van der Waals surface area contributed by atoms with E-state index in [0.29, 0.717) is 38.8 Å². The number of methoxy groups -OCH3 is 2. The van der Waals surface area contributed by atoms with E-state index >= 15 is 0 Å². The lowest BCUT2D eigenvalue weighted by atomic mass is 9.89. The van der Waals surface area contributed by atoms with Crippen LogP contribution in [-0.4, -0.2) is 60.8 Å². The van der Waals surface area contributed by atoms with E-state index in [0.717, 1.165) is 18.5 Å². The topological polar surface area (TPSA) is 136 Å². The van der Waals surface area contributed by atoms with Crippen molar-refractivity contribution in [2.75, 3.05) is 34.4 Å². The summed E-state index contributed by atoms with van der Waals surface area (Å²) in [6.45, 7) is 0.813. The van der Waals surface area contributed by atoms with Crippen molar-refractivity contribution < 1.29 is 29.3 Å². The summed E-state index contributed by atoms with van der Waals surface area (Å²) in [5, 5.41) is 24.5. The third-order valence-electron chi connectivity index (χ3n) is 5.93. The maximum atomic E-state index is 13.2. The van der Waals surface area contributed by atoms with Crippen molar-refractivity contribution in [1.29, 1.82) is 0 Å². The first kappa shape index (κ1) is 25.3. The second kappa shape index (κ2) is 10.7. The highest BCUT2D eigenvalue weighted by Crippen LogP contribution is 2.45. The lowest BCUT2D eigenvalue weighted by molar-refractivity contribution is -0.742. The summed E-state index contributed by atoms with van der Waals surface area (Å²) in [7, 11) is 5.06. The summed E-state index contributed by atoms with van der Waals surface area (Å²) in [4.78, 5) is 23.6. The molecule has 2 heterocycles. The van der Waals surface area contributed by atoms with Gasteiger partial charge in [-0.1, -0.05) is 23.7 Å². The van der Waals surface area contributed by atoms with Crippen molar-refractivity contribution in [1.82, 2.24) is 4.90 Å². The maximum absolute atomic E-state index is 13.2. The van der Waals surface area contributed by atoms with Crippen LogP contribution in [0.5, 0.6) is 11.5 Å². The molecule has 3 aromatic rings. The van der Waals surface area contributed by atoms with Crippen LogP contribution in [0.4, 0.5) is 0 Å². The van der Waals surface area contributed by atoms with Gasteiger partial charge in [0.2, 0.25) is 0 Å². The molecule has 0 unspecified atom stereocenters. The van der Waals surface area contributed by atoms with Crippen LogP contribution >= 0.6 is 11.6 Å². The first-order valence-electron chi connectivity index (χ1n) is 10.3. The standard InChI is InChI=1S/C23H24ClNO5.HNO3/c1-25-9-8-14(16(25)12-26)21-19(28-2)11-20(29-3)22-17(27)10-18(30-23(21)22)13-6-4-5-7-15(13)24;2-1(3)4/h4-7,10-11,14,16,26H,8-9,12H2,1-3H3;(H,2,3,4)/t14-,16+;/m1./s1. The molecule has 182 valence electrons. The van der Waals surface area contributed by atoms with Crippen molar-refractivity contribution >= 4 is 22.6 Å². The summed E-state index contributed by atoms with van der Waals surface area (Å²) in [5.74, 6) is 1.27. The molecule has 0 saturated carbocycles. The number of hydrogen-bond acceptors (Lipinski definition) is 8. The number of aliphatic hydroxyl groups excluding tert-OH is 1. The predicted octanol–water partition coefficient (Wildman–Crippen LogP) is 3.56. The van der Waals surface area contributed by atoms with Gasteiger partial charge in [-0.25, -0.2) is 0 Å². The van der Waals surface area contributed by atoms with Gasteiger partial charge in [0.25, 0.3) is 5.09 Å². The Morgan fingerprint density at radius 3 is 2.47 bits per heavy atom. The lowest BCUT2D eigenvalue weighted by Crippen LogP contribution is -2.32. The van der Waals surface area contributed by atoms with E-state index in [-0.39, 0.29) is 24.0 Å². The summed E-state index contributed by atoms with van der Waals surface area (Å²) in [5.41, 5.74) is 1.59. The zero-order chi connectivity index (χ0) is 25.0. The van der Waals surface area contributed by atoms with E-state index in [1.54, 1.807) is 19.2 Å². The largest absolute Gasteiger partial charge is 0.496 e. The molecule has 2 N–H and O–H groups in total. The predicted molar refractivity (Wildman–Crippen MR) is 126 cm³/mol. The van der Waals surface area contributed by atoms with Crippen LogP contribution in [0, 0.1) is 10.1 Å². The molecule has 11 heteroatoms. The Hall–Kier alpha value is -3.34. The first-order chi connectivity index (χ1) is 16.2. The van der Waals surface area contributed by atoms with Gasteiger partial charge < -0.3 is 29.1 Å². The highest BCUT2D eigenvalue weighted by molar-refractivity contribution is 6.33. The summed E-state index contributed by atoms with van der Waals surface area (Å²) >= 11 is 6.36. The monoisotopic (exact) mass is 492 g/mol. The Labute approximate surface area is 200 Å². The summed E-state index contributed by atoms with van der Waals surface area (Å²) < 4.78 is 17.5. The van der Waals surface area contributed by atoms with Crippen molar-refractivity contribution in [2.24, 2.45) is 0 Å². The van der Waals surface area contributed by atoms with E-state index in [1.807, 2.05) is 25.2 Å². The minimum atomic E-state index is -1.50. The molecule has 1 aromatic heterocycles. The van der Waals surface area contributed by atoms with Crippen molar-refractivity contribution in [3.05, 3.63) is 67.3 Å². The van der Waals surface area contributed by atoms with Gasteiger partial charge in [0.1, 0.15) is 28.2 Å². The Kier molecular flexibility index (Phi) is 7.98. The van der Waals surface area contributed by atoms with Gasteiger partial charge in [-0.2, -0.15) is 0 Å². The molecule has 0 amide bonds. The Bertz CT molecular complexity index is 1240. The molecule has 1 fully saturated rings. The number of rotatable bonds is 5. The van der Waals surface area contributed by atoms with Gasteiger partial charge in [0.05, 0.1) is 25.8 Å². The third kappa shape index (κ3) is 4.93. The van der Waals surface area contributed by atoms with Crippen LogP contribution in [0.2, 0.25) is 5.02 Å². The van der Waals surface area contributed by atoms with Gasteiger partial charge in [0.15, 0.2) is 5.43 Å². The first-order valence-corrected chi connectivity index (χ1v) is 10.7. The molecule has 2 atom stereocenters. The Balaban J connectivity index is 0.000000751. The third-order valence-corrected chi connectivity index (χ3v) is 6.26. The number of nitrogens with zero attached hydrogens (tertiary/aromatic N) is 2. The maximum Gasteiger partial charge on any atom is 0.291 e. The van der Waals surface area contributed by atoms with E-state index < -0.39 is 5.09 Å². The molecular weight excluding hydrogens is 468 g/mol. The number of aliphatic hydroxyl groups is 1. The van der Waals surface area contributed by atoms with E-state index in [4.69, 9.17) is 40.8 Å². The molecule has 1 aliphatic rings. The van der Waals surface area contributed by atoms with Crippen molar-refractivity contribution in [3.63, 3.8) is 0 Å². The van der Waals surface area contributed by atoms with Gasteiger partial charge in [-0.3, -0.25) is 4.79 Å². The molecule has 2 aromatic carbocycles. The van der Waals surface area contributed by atoms with E-state index in [1.165, 1.54) is 13.2 Å². The molecule has 4 rings (SSSR count). The minimum Gasteiger partial charge on any atom is -0.496 e. The fourth-order valence-corrected chi connectivity index (χ4v) is 4.61. The quantitative estimate of drug-likeness (QED) is 0.404. The molecule has 0 spiro atoms. The second-order valence-corrected chi connectivity index (χ2v) is 8.12. The van der Waals surface area contributed by atoms with Gasteiger partial charge in [-0.15, -0.1) is 10.1 Å². The summed E-state index contributed by atoms with van der Waals surface area (Å²) in [6.07, 6.45) is 0.805. The molecule has 0 aliphatic carbocycles. The number of likely N-dealkylation sites (N-methyl/N-ethyl adjacent to an activating group) is 1. The molecule has 10 nitrogen and oxygen atoms in total. The number of ether oxygens (including phenoxy) is 2. The molecule has 0 radical (unpaired) electrons. The molecule has 0 bridgehead atoms. The van der Waals surface area contributed by atoms with Gasteiger partial charge >= 0.3 is 0 Å². The normalized spacial score (nSPS) is 17.8. The van der Waals surface area contributed by atoms with Gasteiger partial charge in [-0.05, 0) is 32.1 Å². The number of benzene rings is 2. The van der Waals surface area contributed by atoms with Crippen LogP contribution in [-0.2, 0) is 0 Å². The minimum absolute atomic E-state index is 0.00766. The molecule has 1 aliphatic heterocycles. The highest BCUT2D eigenvalue weighted by atomic mass is 35.5. The van der Waals surface area contributed by atoms with Crippen molar-refractivity contribution in [3.8, 4) is 22.8 Å². The number of likely N-dealkylation sites (tertiary alicyclic amines) is 1. The highest BCUT2D eigenvalue weighted by Gasteiger charge is 2.37. The molecule has 1 saturated heterocycles. The van der Waals surface area contributed by atoms with Crippen LogP contribution < -0.4 is 14.9 Å². The number of hydrogen-bond donors (Lipinski definition) is 2. The van der Waals surface area contributed by atoms with Gasteiger partial charge in [0, 0.05) is 35.2 Å². The second-order valence-electron chi connectivity index (χ2n) is 7.72. The fraction of sp³-hybridized carbons (Fsp3) is 0.348. The SMILES string of the molecule is COc1cc(OC)c2c(=O)cc(-c3ccccc3Cl)oc2c1[C@@H]1CCN(C)[C@H]1CO.O=[N+]([O-])O. The van der Waals surface area contributed by atoms with E-state index in [2.05, 4.69) is 4.90 Å². The Morgan fingerprint density at radius 2 is 1.88 bits per heavy atom. The zero-order valence-corrected chi connectivity index (χ0v) is 19.6. The average Bonchev–Trinajstić information content (AvgIpc) is 3.17. The van der Waals surface area contributed by atoms with Crippen LogP contribution in [0.15, 0.2) is 45.6 Å². The molecular formula is C23H25ClN2O8. The smallest absolute Gasteiger partial charge is 0.291 e. The number of fused-ring (bicyclic) bond motifs is 1. The number of halogens is 1. The fourth-order valence-electron chi connectivity index (χ4n) is 4.38. The van der Waals surface area contributed by atoms with Crippen LogP contribution in [0.1, 0.15) is 17.9 Å². The van der Waals surface area contributed by atoms with Crippen LogP contribution in [0.25, 0.3) is 22.3 Å². The molecule has 34 heavy (non-hydrogen) atoms. The van der Waals surface area contributed by atoms with Crippen LogP contribution in [0.3, 0.4) is 0 Å². The Morgan fingerprint density at radius 1 is 1.24 bits per heavy atom. The van der Waals surface area contributed by atoms with Crippen molar-refractivity contribution in [2.45, 2.75) is 18.4 Å². The summed E-state index contributed by atoms with van der Waals surface area (Å²) in [6, 6.07) is 10.3. The zero-order valence-electron chi connectivity index (χ0n) is 18.9. The lowest BCUT2D eigenvalue weighted by Gasteiger charge is -2.25. The van der Waals surface area contributed by atoms with E-state index in [9.17, 15) is 9.90 Å². The average molecular weight is 493 g/mol.